The quantitative estimate of drug-likeness (QED) is 0.637. The third-order valence-corrected chi connectivity index (χ3v) is 5.18. The van der Waals surface area contributed by atoms with E-state index >= 15 is 0 Å². The van der Waals surface area contributed by atoms with Crippen LogP contribution in [0.2, 0.25) is 0 Å². The average molecular weight is 282 g/mol. The number of sulfonamides is 2. The van der Waals surface area contributed by atoms with Crippen LogP contribution in [0.1, 0.15) is 6.42 Å². The zero-order chi connectivity index (χ0) is 13.7. The Bertz CT molecular complexity index is 423. The summed E-state index contributed by atoms with van der Waals surface area (Å²) >= 11 is 0. The van der Waals surface area contributed by atoms with E-state index in [4.69, 9.17) is 0 Å². The van der Waals surface area contributed by atoms with E-state index in [0.29, 0.717) is 6.42 Å². The predicted molar refractivity (Wildman–Crippen MR) is 68.1 cm³/mol. The Labute approximate surface area is 103 Å². The van der Waals surface area contributed by atoms with Gasteiger partial charge < -0.3 is 0 Å². The molecule has 0 atom stereocenters. The van der Waals surface area contributed by atoms with E-state index in [1.54, 1.807) is 0 Å². The molecule has 0 spiro atoms. The van der Waals surface area contributed by atoms with E-state index < -0.39 is 20.0 Å². The largest absolute Gasteiger partial charge is 0.235 e. The Morgan fingerprint density at radius 3 is 1.41 bits per heavy atom. The molecule has 0 aromatic carbocycles. The zero-order valence-corrected chi connectivity index (χ0v) is 11.7. The van der Waals surface area contributed by atoms with E-state index in [-0.39, 0.29) is 13.1 Å². The Balaban J connectivity index is 4.28. The van der Waals surface area contributed by atoms with Gasteiger partial charge in [-0.05, 0) is 6.42 Å². The molecule has 17 heavy (non-hydrogen) atoms. The lowest BCUT2D eigenvalue weighted by Gasteiger charge is -2.17. The summed E-state index contributed by atoms with van der Waals surface area (Å²) in [6, 6.07) is 0. The van der Waals surface area contributed by atoms with E-state index in [1.165, 1.54) is 14.1 Å². The van der Waals surface area contributed by atoms with Crippen molar-refractivity contribution in [2.45, 2.75) is 6.42 Å². The molecule has 0 aromatic heterocycles. The minimum atomic E-state index is -3.43. The maximum absolute atomic E-state index is 11.3. The molecule has 0 bridgehead atoms. The first kappa shape index (κ1) is 16.3. The number of nitrogens with zero attached hydrogens (tertiary/aromatic N) is 2. The molecule has 0 unspecified atom stereocenters. The standard InChI is InChI=1S/C9H18N2O4S2/c1-5-16(12,13)10(3)8-7-9-11(4)17(14,15)6-2/h5-6H,1-2,7-9H2,3-4H3. The van der Waals surface area contributed by atoms with Gasteiger partial charge in [-0.2, -0.15) is 0 Å². The molecule has 0 N–H and O–H groups in total. The highest BCUT2D eigenvalue weighted by atomic mass is 32.2. The van der Waals surface area contributed by atoms with Crippen molar-refractivity contribution in [1.29, 1.82) is 0 Å². The van der Waals surface area contributed by atoms with Gasteiger partial charge in [-0.15, -0.1) is 0 Å². The van der Waals surface area contributed by atoms with Gasteiger partial charge in [-0.3, -0.25) is 0 Å². The van der Waals surface area contributed by atoms with Gasteiger partial charge in [0.15, 0.2) is 0 Å². The monoisotopic (exact) mass is 282 g/mol. The highest BCUT2D eigenvalue weighted by Gasteiger charge is 2.15. The fourth-order valence-electron chi connectivity index (χ4n) is 1.02. The summed E-state index contributed by atoms with van der Waals surface area (Å²) in [6.07, 6.45) is 0.396. The number of hydrogen-bond donors (Lipinski definition) is 0. The van der Waals surface area contributed by atoms with Crippen LogP contribution in [0.4, 0.5) is 0 Å². The lowest BCUT2D eigenvalue weighted by atomic mass is 10.4. The van der Waals surface area contributed by atoms with Crippen molar-refractivity contribution in [2.75, 3.05) is 27.2 Å². The van der Waals surface area contributed by atoms with Crippen LogP contribution >= 0.6 is 0 Å². The second-order valence-corrected chi connectivity index (χ2v) is 7.39. The fraction of sp³-hybridized carbons (Fsp3) is 0.556. The highest BCUT2D eigenvalue weighted by molar-refractivity contribution is 7.92. The van der Waals surface area contributed by atoms with Gasteiger partial charge in [0, 0.05) is 38.0 Å². The van der Waals surface area contributed by atoms with Gasteiger partial charge in [0.05, 0.1) is 0 Å². The topological polar surface area (TPSA) is 74.8 Å². The molecule has 6 nitrogen and oxygen atoms in total. The van der Waals surface area contributed by atoms with Crippen LogP contribution < -0.4 is 0 Å². The van der Waals surface area contributed by atoms with Gasteiger partial charge in [-0.1, -0.05) is 13.2 Å². The predicted octanol–water partition coefficient (Wildman–Crippen LogP) is 0.187. The minimum absolute atomic E-state index is 0.228. The Hall–Kier alpha value is -0.700. The number of rotatable bonds is 8. The molecule has 0 rings (SSSR count). The van der Waals surface area contributed by atoms with Crippen LogP contribution in [0, 0.1) is 0 Å². The van der Waals surface area contributed by atoms with Gasteiger partial charge in [0.25, 0.3) is 0 Å². The van der Waals surface area contributed by atoms with Crippen LogP contribution in [-0.2, 0) is 20.0 Å². The first-order valence-corrected chi connectivity index (χ1v) is 7.85. The van der Waals surface area contributed by atoms with E-state index in [1.807, 2.05) is 0 Å². The van der Waals surface area contributed by atoms with Crippen molar-refractivity contribution in [2.24, 2.45) is 0 Å². The third kappa shape index (κ3) is 4.99. The molecule has 8 heteroatoms. The molecule has 0 aromatic rings. The van der Waals surface area contributed by atoms with Crippen molar-refractivity contribution in [3.8, 4) is 0 Å². The average Bonchev–Trinajstić information content (AvgIpc) is 2.28. The van der Waals surface area contributed by atoms with E-state index in [2.05, 4.69) is 13.2 Å². The zero-order valence-electron chi connectivity index (χ0n) is 10.0. The highest BCUT2D eigenvalue weighted by Crippen LogP contribution is 2.03. The summed E-state index contributed by atoms with van der Waals surface area (Å²) < 4.78 is 47.4. The SMILES string of the molecule is C=CS(=O)(=O)N(C)CCCN(C)S(=O)(=O)C=C. The molecule has 0 aliphatic rings. The summed E-state index contributed by atoms with van der Waals surface area (Å²) in [5, 5.41) is 1.72. The maximum Gasteiger partial charge on any atom is 0.235 e. The molecule has 0 amide bonds. The molecule has 0 radical (unpaired) electrons. The Kier molecular flexibility index (Phi) is 6.03. The van der Waals surface area contributed by atoms with E-state index in [0.717, 1.165) is 19.4 Å². The van der Waals surface area contributed by atoms with Crippen LogP contribution in [0.15, 0.2) is 24.0 Å². The van der Waals surface area contributed by atoms with Crippen molar-refractivity contribution in [1.82, 2.24) is 8.61 Å². The maximum atomic E-state index is 11.3. The molecule has 0 saturated carbocycles. The van der Waals surface area contributed by atoms with Crippen molar-refractivity contribution in [3.63, 3.8) is 0 Å². The van der Waals surface area contributed by atoms with Gasteiger partial charge in [0.2, 0.25) is 20.0 Å². The summed E-state index contributed by atoms with van der Waals surface area (Å²) in [5.74, 6) is 0. The summed E-state index contributed by atoms with van der Waals surface area (Å²) in [5.41, 5.74) is 0. The second kappa shape index (κ2) is 6.29. The lowest BCUT2D eigenvalue weighted by molar-refractivity contribution is 0.421. The number of hydrogen-bond acceptors (Lipinski definition) is 4. The van der Waals surface area contributed by atoms with Crippen molar-refractivity contribution in [3.05, 3.63) is 24.0 Å². The van der Waals surface area contributed by atoms with Crippen LogP contribution in [0.3, 0.4) is 0 Å². The summed E-state index contributed by atoms with van der Waals surface area (Å²) in [7, 11) is -4.02. The first-order valence-electron chi connectivity index (χ1n) is 4.85. The summed E-state index contributed by atoms with van der Waals surface area (Å²) in [4.78, 5) is 0. The molecule has 0 heterocycles. The molecular formula is C9H18N2O4S2. The van der Waals surface area contributed by atoms with Gasteiger partial charge in [-0.25, -0.2) is 25.4 Å². The smallest absolute Gasteiger partial charge is 0.208 e. The van der Waals surface area contributed by atoms with Crippen LogP contribution in [0.25, 0.3) is 0 Å². The van der Waals surface area contributed by atoms with Gasteiger partial charge >= 0.3 is 0 Å². The Morgan fingerprint density at radius 2 is 1.18 bits per heavy atom. The molecule has 0 aliphatic carbocycles. The Morgan fingerprint density at radius 1 is 0.882 bits per heavy atom. The summed E-state index contributed by atoms with van der Waals surface area (Å²) in [6.45, 7) is 6.85. The van der Waals surface area contributed by atoms with Crippen LogP contribution in [0.5, 0.6) is 0 Å². The molecular weight excluding hydrogens is 264 g/mol. The minimum Gasteiger partial charge on any atom is -0.208 e. The fourth-order valence-corrected chi connectivity index (χ4v) is 2.30. The molecule has 100 valence electrons. The second-order valence-electron chi connectivity index (χ2n) is 3.42. The third-order valence-electron chi connectivity index (χ3n) is 2.24. The van der Waals surface area contributed by atoms with Crippen LogP contribution in [-0.4, -0.2) is 52.6 Å². The molecule has 0 fully saturated rings. The van der Waals surface area contributed by atoms with Crippen molar-refractivity contribution < 1.29 is 16.8 Å². The normalized spacial score (nSPS) is 12.9. The molecule has 0 saturated heterocycles. The lowest BCUT2D eigenvalue weighted by Crippen LogP contribution is -2.31. The first-order chi connectivity index (χ1) is 7.67. The molecule has 0 aliphatic heterocycles. The van der Waals surface area contributed by atoms with Gasteiger partial charge in [0.1, 0.15) is 0 Å². The van der Waals surface area contributed by atoms with E-state index in [9.17, 15) is 16.8 Å². The van der Waals surface area contributed by atoms with Crippen molar-refractivity contribution >= 4 is 20.0 Å².